The summed E-state index contributed by atoms with van der Waals surface area (Å²) in [6.45, 7) is 2.66. The molecule has 0 saturated carbocycles. The molecule has 2 aromatic heterocycles. The van der Waals surface area contributed by atoms with E-state index in [1.54, 1.807) is 17.2 Å². The SMILES string of the molecule is CC(Nc1cc(-c2c(-c3cccc(C(F)(F)F)c3)nc(C3CCCCN3C(=O)OCc3ccccc3)n2C)ccn1)c1ccccc1. The van der Waals surface area contributed by atoms with E-state index in [2.05, 4.69) is 10.3 Å². The Morgan fingerprint density at radius 2 is 1.70 bits per heavy atom. The first-order valence-electron chi connectivity index (χ1n) is 15.7. The van der Waals surface area contributed by atoms with Crippen LogP contribution < -0.4 is 5.32 Å². The summed E-state index contributed by atoms with van der Waals surface area (Å²) in [5.74, 6) is 1.19. The van der Waals surface area contributed by atoms with Crippen molar-refractivity contribution in [3.05, 3.63) is 126 Å². The zero-order valence-electron chi connectivity index (χ0n) is 26.2. The predicted octanol–water partition coefficient (Wildman–Crippen LogP) is 9.20. The molecule has 3 heterocycles. The number of nitrogens with zero attached hydrogens (tertiary/aromatic N) is 4. The lowest BCUT2D eigenvalue weighted by Gasteiger charge is -2.34. The average Bonchev–Trinajstić information content (AvgIpc) is 3.44. The number of anilines is 1. The van der Waals surface area contributed by atoms with Gasteiger partial charge < -0.3 is 14.6 Å². The van der Waals surface area contributed by atoms with E-state index in [-0.39, 0.29) is 12.6 Å². The highest BCUT2D eigenvalue weighted by molar-refractivity contribution is 5.80. The van der Waals surface area contributed by atoms with Gasteiger partial charge in [-0.3, -0.25) is 4.90 Å². The molecule has 0 bridgehead atoms. The third kappa shape index (κ3) is 7.16. The molecule has 0 spiro atoms. The minimum Gasteiger partial charge on any atom is -0.445 e. The summed E-state index contributed by atoms with van der Waals surface area (Å²) >= 11 is 0. The fourth-order valence-electron chi connectivity index (χ4n) is 6.11. The zero-order chi connectivity index (χ0) is 33.0. The summed E-state index contributed by atoms with van der Waals surface area (Å²) in [6.07, 6.45) is -0.967. The molecule has 0 radical (unpaired) electrons. The molecule has 0 aliphatic carbocycles. The number of imidazole rings is 1. The summed E-state index contributed by atoms with van der Waals surface area (Å²) in [7, 11) is 1.84. The van der Waals surface area contributed by atoms with Gasteiger partial charge in [0.1, 0.15) is 18.2 Å². The summed E-state index contributed by atoms with van der Waals surface area (Å²) < 4.78 is 49.1. The second-order valence-corrected chi connectivity index (χ2v) is 11.8. The van der Waals surface area contributed by atoms with Crippen molar-refractivity contribution in [2.24, 2.45) is 7.05 Å². The number of benzene rings is 3. The normalized spacial score (nSPS) is 15.7. The number of aromatic nitrogens is 3. The maximum atomic E-state index is 13.8. The van der Waals surface area contributed by atoms with Crippen LogP contribution in [-0.2, 0) is 24.6 Å². The van der Waals surface area contributed by atoms with Gasteiger partial charge in [-0.2, -0.15) is 13.2 Å². The van der Waals surface area contributed by atoms with Crippen LogP contribution in [0.1, 0.15) is 60.8 Å². The molecule has 47 heavy (non-hydrogen) atoms. The summed E-state index contributed by atoms with van der Waals surface area (Å²) in [5, 5.41) is 3.44. The number of carbonyl (C=O) groups is 1. The van der Waals surface area contributed by atoms with Crippen LogP contribution in [0, 0.1) is 0 Å². The second kappa shape index (κ2) is 13.7. The maximum absolute atomic E-state index is 13.8. The van der Waals surface area contributed by atoms with Gasteiger partial charge in [0.25, 0.3) is 0 Å². The Morgan fingerprint density at radius 3 is 2.45 bits per heavy atom. The van der Waals surface area contributed by atoms with Crippen LogP contribution in [0.5, 0.6) is 0 Å². The van der Waals surface area contributed by atoms with E-state index in [0.29, 0.717) is 41.6 Å². The highest BCUT2D eigenvalue weighted by atomic mass is 19.4. The second-order valence-electron chi connectivity index (χ2n) is 11.8. The van der Waals surface area contributed by atoms with Crippen LogP contribution in [0.25, 0.3) is 22.5 Å². The number of halogens is 3. The monoisotopic (exact) mass is 639 g/mol. The van der Waals surface area contributed by atoms with E-state index in [0.717, 1.165) is 41.7 Å². The number of ether oxygens (including phenoxy) is 1. The zero-order valence-corrected chi connectivity index (χ0v) is 26.2. The minimum absolute atomic E-state index is 0.0401. The van der Waals surface area contributed by atoms with Gasteiger partial charge in [0, 0.05) is 37.0 Å². The van der Waals surface area contributed by atoms with Gasteiger partial charge in [-0.1, -0.05) is 72.8 Å². The van der Waals surface area contributed by atoms with Crippen LogP contribution in [0.4, 0.5) is 23.8 Å². The quantitative estimate of drug-likeness (QED) is 0.183. The molecule has 242 valence electrons. The molecule has 2 atom stereocenters. The summed E-state index contributed by atoms with van der Waals surface area (Å²) in [5.41, 5.74) is 3.28. The molecule has 1 saturated heterocycles. The fourth-order valence-corrected chi connectivity index (χ4v) is 6.11. The van der Waals surface area contributed by atoms with Crippen LogP contribution in [0.2, 0.25) is 0 Å². The molecule has 10 heteroatoms. The van der Waals surface area contributed by atoms with Gasteiger partial charge in [0.15, 0.2) is 0 Å². The van der Waals surface area contributed by atoms with E-state index in [4.69, 9.17) is 9.72 Å². The number of pyridine rings is 1. The van der Waals surface area contributed by atoms with Crippen molar-refractivity contribution in [2.75, 3.05) is 11.9 Å². The standard InChI is InChI=1S/C37H36F3N5O2/c1-25(27-14-7-4-8-15-27)42-32-23-29(19-20-41-32)34-33(28-16-11-17-30(22-28)37(38,39)40)43-35(44(34)2)31-18-9-10-21-45(31)36(46)47-24-26-12-5-3-6-13-26/h3-8,11-17,19-20,22-23,25,31H,9-10,18,21,24H2,1-2H3,(H,41,42). The number of carbonyl (C=O) groups excluding carboxylic acids is 1. The lowest BCUT2D eigenvalue weighted by atomic mass is 10.0. The topological polar surface area (TPSA) is 72.3 Å². The first-order chi connectivity index (χ1) is 22.7. The van der Waals surface area contributed by atoms with Gasteiger partial charge in [0.05, 0.1) is 23.0 Å². The molecule has 1 amide bonds. The summed E-state index contributed by atoms with van der Waals surface area (Å²) in [6, 6.07) is 27.9. The van der Waals surface area contributed by atoms with Crippen LogP contribution in [0.15, 0.2) is 103 Å². The number of rotatable bonds is 8. The molecular formula is C37H36F3N5O2. The number of alkyl halides is 3. The third-order valence-corrected chi connectivity index (χ3v) is 8.53. The Bertz CT molecular complexity index is 1830. The van der Waals surface area contributed by atoms with Crippen LogP contribution in [0.3, 0.4) is 0 Å². The Balaban J connectivity index is 1.39. The highest BCUT2D eigenvalue weighted by Gasteiger charge is 2.35. The van der Waals surface area contributed by atoms with Crippen molar-refractivity contribution < 1.29 is 22.7 Å². The fraction of sp³-hybridized carbons (Fsp3) is 0.270. The largest absolute Gasteiger partial charge is 0.445 e. The van der Waals surface area contributed by atoms with E-state index < -0.39 is 23.9 Å². The van der Waals surface area contributed by atoms with E-state index in [1.807, 2.05) is 91.3 Å². The molecule has 7 nitrogen and oxygen atoms in total. The Hall–Kier alpha value is -5.12. The van der Waals surface area contributed by atoms with E-state index in [9.17, 15) is 18.0 Å². The molecular weight excluding hydrogens is 603 g/mol. The predicted molar refractivity (Wildman–Crippen MR) is 175 cm³/mol. The molecule has 5 aromatic rings. The van der Waals surface area contributed by atoms with Crippen molar-refractivity contribution in [3.63, 3.8) is 0 Å². The first-order valence-corrected chi connectivity index (χ1v) is 15.7. The first kappa shape index (κ1) is 31.8. The van der Waals surface area contributed by atoms with Gasteiger partial charge >= 0.3 is 12.3 Å². The molecule has 1 aliphatic heterocycles. The number of hydrogen-bond donors (Lipinski definition) is 1. The van der Waals surface area contributed by atoms with Gasteiger partial charge in [0.2, 0.25) is 0 Å². The number of nitrogens with one attached hydrogen (secondary N) is 1. The number of piperidine rings is 1. The van der Waals surface area contributed by atoms with Gasteiger partial charge in [-0.05, 0) is 61.6 Å². The lowest BCUT2D eigenvalue weighted by molar-refractivity contribution is -0.137. The van der Waals surface area contributed by atoms with Gasteiger partial charge in [-0.15, -0.1) is 0 Å². The molecule has 3 aromatic carbocycles. The number of likely N-dealkylation sites (tertiary alicyclic amines) is 1. The average molecular weight is 640 g/mol. The Labute approximate surface area is 272 Å². The minimum atomic E-state index is -4.52. The van der Waals surface area contributed by atoms with Gasteiger partial charge in [-0.25, -0.2) is 14.8 Å². The van der Waals surface area contributed by atoms with E-state index in [1.165, 1.54) is 6.07 Å². The number of amides is 1. The maximum Gasteiger partial charge on any atom is 0.416 e. The Morgan fingerprint density at radius 1 is 0.957 bits per heavy atom. The number of hydrogen-bond acceptors (Lipinski definition) is 5. The van der Waals surface area contributed by atoms with Crippen molar-refractivity contribution in [3.8, 4) is 22.5 Å². The van der Waals surface area contributed by atoms with E-state index >= 15 is 0 Å². The van der Waals surface area contributed by atoms with Crippen molar-refractivity contribution in [2.45, 2.75) is 51.1 Å². The molecule has 2 unspecified atom stereocenters. The Kier molecular flexibility index (Phi) is 9.29. The smallest absolute Gasteiger partial charge is 0.416 e. The van der Waals surface area contributed by atoms with Crippen molar-refractivity contribution >= 4 is 11.9 Å². The molecule has 6 rings (SSSR count). The van der Waals surface area contributed by atoms with Crippen molar-refractivity contribution in [1.82, 2.24) is 19.4 Å². The molecule has 1 fully saturated rings. The third-order valence-electron chi connectivity index (χ3n) is 8.53. The lowest BCUT2D eigenvalue weighted by Crippen LogP contribution is -2.39. The summed E-state index contributed by atoms with van der Waals surface area (Å²) in [4.78, 5) is 24.7. The highest BCUT2D eigenvalue weighted by Crippen LogP contribution is 2.40. The van der Waals surface area contributed by atoms with Crippen LogP contribution >= 0.6 is 0 Å². The molecule has 1 N–H and O–H groups in total. The van der Waals surface area contributed by atoms with Crippen LogP contribution in [-0.4, -0.2) is 32.1 Å². The van der Waals surface area contributed by atoms with Crippen molar-refractivity contribution in [1.29, 1.82) is 0 Å². The molecule has 1 aliphatic rings.